The van der Waals surface area contributed by atoms with E-state index in [9.17, 15) is 0 Å². The number of nitrogens with zero attached hydrogens (tertiary/aromatic N) is 1. The highest BCUT2D eigenvalue weighted by Gasteiger charge is 2.38. The van der Waals surface area contributed by atoms with Crippen LogP contribution in [0.4, 0.5) is 0 Å². The van der Waals surface area contributed by atoms with Gasteiger partial charge in [-0.05, 0) is 44.6 Å². The van der Waals surface area contributed by atoms with E-state index in [-0.39, 0.29) is 0 Å². The van der Waals surface area contributed by atoms with Crippen LogP contribution in [0.2, 0.25) is 0 Å². The van der Waals surface area contributed by atoms with Gasteiger partial charge in [-0.2, -0.15) is 0 Å². The largest absolute Gasteiger partial charge is 0.383 e. The summed E-state index contributed by atoms with van der Waals surface area (Å²) in [5.41, 5.74) is 6.81. The quantitative estimate of drug-likeness (QED) is 0.806. The summed E-state index contributed by atoms with van der Waals surface area (Å²) >= 11 is 0. The normalized spacial score (nSPS) is 30.6. The summed E-state index contributed by atoms with van der Waals surface area (Å²) in [5, 5.41) is 0. The van der Waals surface area contributed by atoms with Gasteiger partial charge in [0.05, 0.1) is 6.61 Å². The van der Waals surface area contributed by atoms with Crippen LogP contribution in [0.3, 0.4) is 0 Å². The lowest BCUT2D eigenvalue weighted by atomic mass is 9.67. The fraction of sp³-hybridized carbons (Fsp3) is 1.00. The molecule has 0 aromatic rings. The van der Waals surface area contributed by atoms with Gasteiger partial charge in [-0.15, -0.1) is 0 Å². The Kier molecular flexibility index (Phi) is 6.28. The fourth-order valence-electron chi connectivity index (χ4n) is 3.32. The van der Waals surface area contributed by atoms with Crippen LogP contribution in [-0.4, -0.2) is 43.8 Å². The van der Waals surface area contributed by atoms with Gasteiger partial charge >= 0.3 is 0 Å². The highest BCUT2D eigenvalue weighted by molar-refractivity contribution is 4.93. The molecule has 3 heteroatoms. The van der Waals surface area contributed by atoms with E-state index in [0.29, 0.717) is 23.5 Å². The predicted molar refractivity (Wildman–Crippen MR) is 82.3 cm³/mol. The van der Waals surface area contributed by atoms with Gasteiger partial charge in [0.1, 0.15) is 0 Å². The van der Waals surface area contributed by atoms with Crippen molar-refractivity contribution < 1.29 is 4.74 Å². The third-order valence-electron chi connectivity index (χ3n) is 5.51. The first-order chi connectivity index (χ1) is 8.83. The van der Waals surface area contributed by atoms with Crippen molar-refractivity contribution in [1.29, 1.82) is 0 Å². The molecule has 1 fully saturated rings. The lowest BCUT2D eigenvalue weighted by Crippen LogP contribution is -2.54. The Hall–Kier alpha value is -0.120. The summed E-state index contributed by atoms with van der Waals surface area (Å²) in [5.74, 6) is 0.791. The molecule has 1 aliphatic carbocycles. The van der Waals surface area contributed by atoms with Crippen LogP contribution in [0.5, 0.6) is 0 Å². The van der Waals surface area contributed by atoms with Gasteiger partial charge in [-0.1, -0.05) is 27.2 Å². The molecule has 3 nitrogen and oxygen atoms in total. The second-order valence-corrected chi connectivity index (χ2v) is 7.05. The lowest BCUT2D eigenvalue weighted by molar-refractivity contribution is 0.0314. The molecular formula is C16H34N2O. The molecule has 0 radical (unpaired) electrons. The van der Waals surface area contributed by atoms with Crippen molar-refractivity contribution in [2.75, 3.05) is 20.8 Å². The standard InChI is InChI=1S/C16H34N2O/c1-7-16(3,4)13-8-9-14(17)15(10-13)18(5)12(2)11-19-6/h12-15H,7-11,17H2,1-6H3. The Morgan fingerprint density at radius 1 is 1.37 bits per heavy atom. The first-order valence-electron chi connectivity index (χ1n) is 7.80. The number of hydrogen-bond donors (Lipinski definition) is 1. The lowest BCUT2D eigenvalue weighted by Gasteiger charge is -2.46. The first kappa shape index (κ1) is 16.9. The molecule has 0 aromatic carbocycles. The van der Waals surface area contributed by atoms with Crippen LogP contribution in [0.25, 0.3) is 0 Å². The Morgan fingerprint density at radius 3 is 2.53 bits per heavy atom. The van der Waals surface area contributed by atoms with E-state index in [1.807, 2.05) is 0 Å². The molecule has 4 unspecified atom stereocenters. The summed E-state index contributed by atoms with van der Waals surface area (Å²) < 4.78 is 5.28. The molecule has 2 N–H and O–H groups in total. The Bertz CT molecular complexity index is 267. The van der Waals surface area contributed by atoms with E-state index in [0.717, 1.165) is 18.9 Å². The van der Waals surface area contributed by atoms with Crippen LogP contribution >= 0.6 is 0 Å². The molecule has 1 saturated carbocycles. The summed E-state index contributed by atoms with van der Waals surface area (Å²) in [7, 11) is 3.98. The molecule has 1 aliphatic rings. The fourth-order valence-corrected chi connectivity index (χ4v) is 3.32. The average molecular weight is 270 g/mol. The van der Waals surface area contributed by atoms with Gasteiger partial charge in [0.25, 0.3) is 0 Å². The monoisotopic (exact) mass is 270 g/mol. The number of methoxy groups -OCH3 is 1. The number of nitrogens with two attached hydrogens (primary N) is 1. The van der Waals surface area contributed by atoms with E-state index in [1.54, 1.807) is 7.11 Å². The molecular weight excluding hydrogens is 236 g/mol. The summed E-state index contributed by atoms with van der Waals surface area (Å²) in [6.07, 6.45) is 4.91. The van der Waals surface area contributed by atoms with Crippen molar-refractivity contribution >= 4 is 0 Å². The van der Waals surface area contributed by atoms with E-state index in [4.69, 9.17) is 10.5 Å². The summed E-state index contributed by atoms with van der Waals surface area (Å²) in [6, 6.07) is 1.24. The van der Waals surface area contributed by atoms with Gasteiger partial charge in [0.2, 0.25) is 0 Å². The number of rotatable bonds is 6. The maximum absolute atomic E-state index is 6.38. The molecule has 1 rings (SSSR count). The maximum atomic E-state index is 6.38. The molecule has 0 heterocycles. The van der Waals surface area contributed by atoms with Crippen molar-refractivity contribution in [3.05, 3.63) is 0 Å². The first-order valence-corrected chi connectivity index (χ1v) is 7.80. The van der Waals surface area contributed by atoms with Crippen LogP contribution in [0.1, 0.15) is 53.4 Å². The molecule has 0 saturated heterocycles. The Balaban J connectivity index is 2.70. The van der Waals surface area contributed by atoms with Gasteiger partial charge in [-0.3, -0.25) is 4.90 Å². The zero-order valence-electron chi connectivity index (χ0n) is 13.8. The molecule has 0 amide bonds. The van der Waals surface area contributed by atoms with Crippen molar-refractivity contribution in [2.24, 2.45) is 17.1 Å². The SMILES string of the molecule is CCC(C)(C)C1CCC(N)C(N(C)C(C)COC)C1. The second kappa shape index (κ2) is 7.05. The van der Waals surface area contributed by atoms with Crippen LogP contribution in [0.15, 0.2) is 0 Å². The predicted octanol–water partition coefficient (Wildman–Crippen LogP) is 2.89. The van der Waals surface area contributed by atoms with E-state index >= 15 is 0 Å². The molecule has 4 atom stereocenters. The molecule has 19 heavy (non-hydrogen) atoms. The molecule has 0 spiro atoms. The topological polar surface area (TPSA) is 38.5 Å². The van der Waals surface area contributed by atoms with Crippen LogP contribution in [0, 0.1) is 11.3 Å². The summed E-state index contributed by atoms with van der Waals surface area (Å²) in [4.78, 5) is 2.44. The molecule has 0 aromatic heterocycles. The van der Waals surface area contributed by atoms with Gasteiger partial charge in [-0.25, -0.2) is 0 Å². The highest BCUT2D eigenvalue weighted by atomic mass is 16.5. The van der Waals surface area contributed by atoms with Gasteiger partial charge in [0.15, 0.2) is 0 Å². The highest BCUT2D eigenvalue weighted by Crippen LogP contribution is 2.41. The molecule has 0 aliphatic heterocycles. The number of hydrogen-bond acceptors (Lipinski definition) is 3. The third-order valence-corrected chi connectivity index (χ3v) is 5.51. The Morgan fingerprint density at radius 2 is 2.00 bits per heavy atom. The van der Waals surface area contributed by atoms with Crippen molar-refractivity contribution in [3.63, 3.8) is 0 Å². The van der Waals surface area contributed by atoms with Crippen molar-refractivity contribution in [2.45, 2.75) is 71.5 Å². The van der Waals surface area contributed by atoms with Gasteiger partial charge < -0.3 is 10.5 Å². The van der Waals surface area contributed by atoms with Gasteiger partial charge in [0, 0.05) is 25.2 Å². The van der Waals surface area contributed by atoms with E-state index in [2.05, 4.69) is 39.6 Å². The molecule has 0 bridgehead atoms. The minimum Gasteiger partial charge on any atom is -0.383 e. The van der Waals surface area contributed by atoms with Crippen molar-refractivity contribution in [3.8, 4) is 0 Å². The van der Waals surface area contributed by atoms with Crippen LogP contribution in [-0.2, 0) is 4.74 Å². The second-order valence-electron chi connectivity index (χ2n) is 7.05. The number of likely N-dealkylation sites (N-methyl/N-ethyl adjacent to an activating group) is 1. The number of ether oxygens (including phenoxy) is 1. The third kappa shape index (κ3) is 4.17. The molecule has 114 valence electrons. The zero-order valence-corrected chi connectivity index (χ0v) is 13.8. The average Bonchev–Trinajstić information content (AvgIpc) is 2.38. The summed E-state index contributed by atoms with van der Waals surface area (Å²) in [6.45, 7) is 10.1. The van der Waals surface area contributed by atoms with Crippen LogP contribution < -0.4 is 5.73 Å². The minimum atomic E-state index is 0.313. The maximum Gasteiger partial charge on any atom is 0.0615 e. The smallest absolute Gasteiger partial charge is 0.0615 e. The van der Waals surface area contributed by atoms with E-state index < -0.39 is 0 Å². The zero-order chi connectivity index (χ0) is 14.6. The van der Waals surface area contributed by atoms with E-state index in [1.165, 1.54) is 19.3 Å². The minimum absolute atomic E-state index is 0.313. The van der Waals surface area contributed by atoms with Crippen molar-refractivity contribution in [1.82, 2.24) is 4.90 Å². The Labute approximate surface area is 119 Å².